The van der Waals surface area contributed by atoms with Crippen molar-refractivity contribution in [3.63, 3.8) is 0 Å². The zero-order valence-electron chi connectivity index (χ0n) is 5.85. The highest BCUT2D eigenvalue weighted by atomic mass is 35.5. The zero-order chi connectivity index (χ0) is 7.11. The maximum atomic E-state index is 5.34. The first-order valence-corrected chi connectivity index (χ1v) is 3.51. The number of aliphatic imine (C=N–C) groups is 1. The Bertz CT molecular complexity index is 93.1. The lowest BCUT2D eigenvalue weighted by atomic mass is 10.3. The van der Waals surface area contributed by atoms with Gasteiger partial charge in [0.05, 0.1) is 7.11 Å². The van der Waals surface area contributed by atoms with Crippen LogP contribution in [-0.4, -0.2) is 19.0 Å². The lowest BCUT2D eigenvalue weighted by Gasteiger charge is -1.99. The Kier molecular flexibility index (Phi) is 5.73. The Balaban J connectivity index is 3.53. The summed E-state index contributed by atoms with van der Waals surface area (Å²) in [5.41, 5.74) is 0. The van der Waals surface area contributed by atoms with E-state index in [2.05, 4.69) is 11.9 Å². The molecular formula is C6H12ClNO. The predicted octanol–water partition coefficient (Wildman–Crippen LogP) is 2.03. The number of hydrogen-bond acceptors (Lipinski definition) is 2. The number of methoxy groups -OCH3 is 1. The Hall–Kier alpha value is -0.240. The molecule has 0 saturated heterocycles. The molecule has 0 fully saturated rings. The summed E-state index contributed by atoms with van der Waals surface area (Å²) in [6.07, 6.45) is 1.92. The average Bonchev–Trinajstić information content (AvgIpc) is 1.88. The van der Waals surface area contributed by atoms with Crippen molar-refractivity contribution in [1.82, 2.24) is 0 Å². The van der Waals surface area contributed by atoms with E-state index in [0.717, 1.165) is 18.7 Å². The van der Waals surface area contributed by atoms with Gasteiger partial charge in [-0.25, -0.2) is 4.99 Å². The second-order valence-electron chi connectivity index (χ2n) is 1.63. The molecule has 0 aromatic heterocycles. The number of alkyl halides is 1. The molecule has 2 nitrogen and oxygen atoms in total. The molecule has 0 aliphatic rings. The normalized spacial score (nSPS) is 11.7. The number of rotatable bonds is 3. The number of hydrogen-bond donors (Lipinski definition) is 0. The van der Waals surface area contributed by atoms with Gasteiger partial charge in [-0.15, -0.1) is 11.6 Å². The molecule has 54 valence electrons. The molecule has 0 radical (unpaired) electrons. The average molecular weight is 150 g/mol. The summed E-state index contributed by atoms with van der Waals surface area (Å²) in [6.45, 7) is 2.07. The highest BCUT2D eigenvalue weighted by Gasteiger charge is 1.92. The van der Waals surface area contributed by atoms with E-state index in [0.29, 0.717) is 6.00 Å². The molecule has 0 aliphatic carbocycles. The maximum absolute atomic E-state index is 5.34. The fourth-order valence-corrected chi connectivity index (χ4v) is 0.659. The lowest BCUT2D eigenvalue weighted by molar-refractivity contribution is 0.388. The van der Waals surface area contributed by atoms with Gasteiger partial charge in [0.25, 0.3) is 0 Å². The van der Waals surface area contributed by atoms with Gasteiger partial charge < -0.3 is 4.74 Å². The smallest absolute Gasteiger partial charge is 0.184 e. The largest absolute Gasteiger partial charge is 0.484 e. The van der Waals surface area contributed by atoms with Gasteiger partial charge in [0.15, 0.2) is 5.90 Å². The van der Waals surface area contributed by atoms with Crippen LogP contribution in [0, 0.1) is 0 Å². The van der Waals surface area contributed by atoms with Crippen molar-refractivity contribution >= 4 is 17.5 Å². The third-order valence-corrected chi connectivity index (χ3v) is 1.06. The van der Waals surface area contributed by atoms with Gasteiger partial charge in [0.2, 0.25) is 0 Å². The van der Waals surface area contributed by atoms with Gasteiger partial charge in [-0.1, -0.05) is 6.92 Å². The summed E-state index contributed by atoms with van der Waals surface area (Å²) in [7, 11) is 1.61. The minimum Gasteiger partial charge on any atom is -0.484 e. The van der Waals surface area contributed by atoms with Crippen molar-refractivity contribution in [3.05, 3.63) is 0 Å². The Labute approximate surface area is 60.9 Å². The molecule has 3 heteroatoms. The summed E-state index contributed by atoms with van der Waals surface area (Å²) in [4.78, 5) is 3.89. The molecule has 0 N–H and O–H groups in total. The fourth-order valence-electron chi connectivity index (χ4n) is 0.526. The summed E-state index contributed by atoms with van der Waals surface area (Å²) in [5, 5.41) is 0. The van der Waals surface area contributed by atoms with E-state index in [4.69, 9.17) is 16.3 Å². The van der Waals surface area contributed by atoms with E-state index in [1.165, 1.54) is 0 Å². The fraction of sp³-hybridized carbons (Fsp3) is 0.833. The van der Waals surface area contributed by atoms with Crippen LogP contribution >= 0.6 is 11.6 Å². The van der Waals surface area contributed by atoms with Crippen LogP contribution in [0.2, 0.25) is 0 Å². The van der Waals surface area contributed by atoms with Gasteiger partial charge in [-0.3, -0.25) is 0 Å². The second kappa shape index (κ2) is 5.89. The SMILES string of the molecule is CCC/C(=N\CCl)OC. The van der Waals surface area contributed by atoms with Crippen molar-refractivity contribution in [2.24, 2.45) is 4.99 Å². The number of ether oxygens (including phenoxy) is 1. The summed E-state index contributed by atoms with van der Waals surface area (Å²) >= 11 is 5.34. The summed E-state index contributed by atoms with van der Waals surface area (Å²) in [5.74, 6) is 0.743. The standard InChI is InChI=1S/C6H12ClNO/c1-3-4-6(9-2)8-5-7/h3-5H2,1-2H3/b8-6+. The van der Waals surface area contributed by atoms with E-state index < -0.39 is 0 Å². The van der Waals surface area contributed by atoms with Crippen LogP contribution in [-0.2, 0) is 4.74 Å². The van der Waals surface area contributed by atoms with Crippen molar-refractivity contribution in [3.8, 4) is 0 Å². The van der Waals surface area contributed by atoms with Crippen LogP contribution in [0.1, 0.15) is 19.8 Å². The van der Waals surface area contributed by atoms with Crippen LogP contribution in [0.25, 0.3) is 0 Å². The van der Waals surface area contributed by atoms with Crippen molar-refractivity contribution in [1.29, 1.82) is 0 Å². The molecular weight excluding hydrogens is 138 g/mol. The molecule has 9 heavy (non-hydrogen) atoms. The number of halogens is 1. The first kappa shape index (κ1) is 8.76. The molecule has 0 aromatic carbocycles. The minimum atomic E-state index is 0.295. The topological polar surface area (TPSA) is 21.6 Å². The van der Waals surface area contributed by atoms with Gasteiger partial charge in [-0.2, -0.15) is 0 Å². The molecule has 0 aromatic rings. The quantitative estimate of drug-likeness (QED) is 0.261. The monoisotopic (exact) mass is 149 g/mol. The molecule has 0 bridgehead atoms. The molecule has 0 heterocycles. The van der Waals surface area contributed by atoms with Crippen LogP contribution in [0.4, 0.5) is 0 Å². The Morgan fingerprint density at radius 1 is 1.67 bits per heavy atom. The van der Waals surface area contributed by atoms with Crippen LogP contribution in [0.5, 0.6) is 0 Å². The van der Waals surface area contributed by atoms with Gasteiger partial charge >= 0.3 is 0 Å². The zero-order valence-corrected chi connectivity index (χ0v) is 6.61. The second-order valence-corrected chi connectivity index (χ2v) is 1.86. The van der Waals surface area contributed by atoms with E-state index in [-0.39, 0.29) is 0 Å². The Morgan fingerprint density at radius 3 is 2.67 bits per heavy atom. The van der Waals surface area contributed by atoms with Crippen LogP contribution < -0.4 is 0 Å². The minimum absolute atomic E-state index is 0.295. The summed E-state index contributed by atoms with van der Waals surface area (Å²) < 4.78 is 4.90. The summed E-state index contributed by atoms with van der Waals surface area (Å²) in [6, 6.07) is 0.295. The van der Waals surface area contributed by atoms with Gasteiger partial charge in [0, 0.05) is 6.42 Å². The molecule has 0 amide bonds. The predicted molar refractivity (Wildman–Crippen MR) is 40.1 cm³/mol. The van der Waals surface area contributed by atoms with E-state index >= 15 is 0 Å². The van der Waals surface area contributed by atoms with E-state index in [9.17, 15) is 0 Å². The maximum Gasteiger partial charge on any atom is 0.184 e. The molecule has 0 atom stereocenters. The van der Waals surface area contributed by atoms with Gasteiger partial charge in [0.1, 0.15) is 6.00 Å². The molecule has 0 rings (SSSR count). The molecule has 0 spiro atoms. The van der Waals surface area contributed by atoms with Crippen molar-refractivity contribution < 1.29 is 4.74 Å². The van der Waals surface area contributed by atoms with Crippen molar-refractivity contribution in [2.45, 2.75) is 19.8 Å². The highest BCUT2D eigenvalue weighted by Crippen LogP contribution is 1.93. The first-order valence-electron chi connectivity index (χ1n) is 2.98. The lowest BCUT2D eigenvalue weighted by Crippen LogP contribution is -1.99. The molecule has 0 saturated carbocycles. The van der Waals surface area contributed by atoms with E-state index in [1.807, 2.05) is 0 Å². The Morgan fingerprint density at radius 2 is 2.33 bits per heavy atom. The van der Waals surface area contributed by atoms with Gasteiger partial charge in [-0.05, 0) is 6.42 Å². The van der Waals surface area contributed by atoms with Crippen molar-refractivity contribution in [2.75, 3.05) is 13.1 Å². The first-order chi connectivity index (χ1) is 4.35. The third kappa shape index (κ3) is 4.28. The third-order valence-electron chi connectivity index (χ3n) is 0.936. The van der Waals surface area contributed by atoms with Crippen LogP contribution in [0.15, 0.2) is 4.99 Å². The molecule has 0 unspecified atom stereocenters. The molecule has 0 aliphatic heterocycles. The number of nitrogens with zero attached hydrogens (tertiary/aromatic N) is 1. The van der Waals surface area contributed by atoms with E-state index in [1.54, 1.807) is 7.11 Å². The highest BCUT2D eigenvalue weighted by molar-refractivity contribution is 6.18. The van der Waals surface area contributed by atoms with Crippen LogP contribution in [0.3, 0.4) is 0 Å².